The molecule has 0 saturated heterocycles. The van der Waals surface area contributed by atoms with Crippen LogP contribution in [-0.4, -0.2) is 15.7 Å². The molecule has 0 aliphatic heterocycles. The molecule has 2 aromatic carbocycles. The third-order valence-corrected chi connectivity index (χ3v) is 4.38. The number of rotatable bonds is 4. The van der Waals surface area contributed by atoms with Crippen LogP contribution in [0.1, 0.15) is 40.3 Å². The molecule has 1 aromatic heterocycles. The fraction of sp³-hybridized carbons (Fsp3) is 0.200. The van der Waals surface area contributed by atoms with Crippen molar-refractivity contribution in [1.82, 2.24) is 15.1 Å². The summed E-state index contributed by atoms with van der Waals surface area (Å²) >= 11 is 0. The van der Waals surface area contributed by atoms with Crippen LogP contribution in [0.25, 0.3) is 5.69 Å². The van der Waals surface area contributed by atoms with Gasteiger partial charge in [-0.2, -0.15) is 5.10 Å². The number of aryl methyl sites for hydroxylation is 1. The first-order chi connectivity index (χ1) is 12.8. The molecule has 0 aliphatic rings. The van der Waals surface area contributed by atoms with E-state index in [0.717, 1.165) is 12.1 Å². The van der Waals surface area contributed by atoms with E-state index >= 15 is 0 Å². The van der Waals surface area contributed by atoms with Gasteiger partial charge < -0.3 is 5.32 Å². The van der Waals surface area contributed by atoms with E-state index in [1.54, 1.807) is 37.6 Å². The monoisotopic (exact) mass is 373 g/mol. The molecular weight excluding hydrogens is 355 g/mol. The van der Waals surface area contributed by atoms with E-state index in [2.05, 4.69) is 10.4 Å². The third-order valence-electron chi connectivity index (χ3n) is 4.38. The summed E-state index contributed by atoms with van der Waals surface area (Å²) in [5.41, 5.74) is 2.56. The normalized spacial score (nSPS) is 12.1. The van der Waals surface area contributed by atoms with Gasteiger partial charge in [-0.05, 0) is 62.7 Å². The molecule has 0 aliphatic carbocycles. The summed E-state index contributed by atoms with van der Waals surface area (Å²) in [4.78, 5) is 12.7. The molecule has 1 amide bonds. The van der Waals surface area contributed by atoms with Gasteiger partial charge in [0.25, 0.3) is 5.91 Å². The molecule has 0 spiro atoms. The second-order valence-corrected chi connectivity index (χ2v) is 6.30. The van der Waals surface area contributed by atoms with E-state index in [0.29, 0.717) is 28.2 Å². The Morgan fingerprint density at radius 1 is 1.04 bits per heavy atom. The van der Waals surface area contributed by atoms with E-state index < -0.39 is 17.7 Å². The van der Waals surface area contributed by atoms with E-state index in [-0.39, 0.29) is 11.7 Å². The van der Waals surface area contributed by atoms with Gasteiger partial charge in [-0.3, -0.25) is 4.79 Å². The molecule has 140 valence electrons. The number of benzene rings is 2. The SMILES string of the molecule is Cc1nn(-c2ccc(F)cc2)c(C)c1C(=O)NC(C)c1ccc(F)c(F)c1. The van der Waals surface area contributed by atoms with Crippen LogP contribution in [0.5, 0.6) is 0 Å². The molecule has 1 atom stereocenters. The first-order valence-electron chi connectivity index (χ1n) is 8.36. The van der Waals surface area contributed by atoms with Gasteiger partial charge in [0, 0.05) is 0 Å². The van der Waals surface area contributed by atoms with Gasteiger partial charge in [-0.1, -0.05) is 6.07 Å². The lowest BCUT2D eigenvalue weighted by Gasteiger charge is -2.15. The number of carbonyl (C=O) groups excluding carboxylic acids is 1. The number of carbonyl (C=O) groups is 1. The van der Waals surface area contributed by atoms with Crippen LogP contribution in [0, 0.1) is 31.3 Å². The minimum atomic E-state index is -0.968. The summed E-state index contributed by atoms with van der Waals surface area (Å²) < 4.78 is 41.2. The number of halogens is 3. The van der Waals surface area contributed by atoms with Crippen molar-refractivity contribution in [3.8, 4) is 5.69 Å². The first kappa shape index (κ1) is 18.7. The van der Waals surface area contributed by atoms with Gasteiger partial charge >= 0.3 is 0 Å². The van der Waals surface area contributed by atoms with Crippen molar-refractivity contribution in [1.29, 1.82) is 0 Å². The van der Waals surface area contributed by atoms with E-state index in [4.69, 9.17) is 0 Å². The quantitative estimate of drug-likeness (QED) is 0.737. The van der Waals surface area contributed by atoms with Gasteiger partial charge in [0.05, 0.1) is 28.7 Å². The minimum Gasteiger partial charge on any atom is -0.345 e. The largest absolute Gasteiger partial charge is 0.345 e. The molecule has 1 unspecified atom stereocenters. The van der Waals surface area contributed by atoms with Crippen molar-refractivity contribution in [3.05, 3.63) is 82.4 Å². The Balaban J connectivity index is 1.86. The molecule has 4 nitrogen and oxygen atoms in total. The molecule has 0 saturated carbocycles. The molecule has 1 N–H and O–H groups in total. The molecule has 3 aromatic rings. The van der Waals surface area contributed by atoms with Gasteiger partial charge in [-0.15, -0.1) is 0 Å². The van der Waals surface area contributed by atoms with Crippen molar-refractivity contribution in [2.45, 2.75) is 26.8 Å². The lowest BCUT2D eigenvalue weighted by Crippen LogP contribution is -2.27. The standard InChI is InChI=1S/C20H18F3N3O/c1-11(14-4-9-17(22)18(23)10-14)24-20(27)19-12(2)25-26(13(19)3)16-7-5-15(21)6-8-16/h4-11H,1-3H3,(H,24,27). The van der Waals surface area contributed by atoms with Crippen LogP contribution in [0.2, 0.25) is 0 Å². The van der Waals surface area contributed by atoms with Crippen molar-refractivity contribution in [2.75, 3.05) is 0 Å². The average Bonchev–Trinajstić information content (AvgIpc) is 2.92. The van der Waals surface area contributed by atoms with Crippen LogP contribution in [0.15, 0.2) is 42.5 Å². The number of aromatic nitrogens is 2. The number of nitrogens with zero attached hydrogens (tertiary/aromatic N) is 2. The average molecular weight is 373 g/mol. The maximum Gasteiger partial charge on any atom is 0.255 e. The molecule has 7 heteroatoms. The zero-order chi connectivity index (χ0) is 19.7. The van der Waals surface area contributed by atoms with Crippen molar-refractivity contribution in [2.24, 2.45) is 0 Å². The predicted molar refractivity (Wildman–Crippen MR) is 95.2 cm³/mol. The maximum absolute atomic E-state index is 13.4. The fourth-order valence-corrected chi connectivity index (χ4v) is 2.94. The maximum atomic E-state index is 13.4. The molecule has 1 heterocycles. The Kier molecular flexibility index (Phi) is 5.03. The Bertz CT molecular complexity index is 996. The van der Waals surface area contributed by atoms with E-state index in [1.807, 2.05) is 0 Å². The van der Waals surface area contributed by atoms with Crippen LogP contribution >= 0.6 is 0 Å². The second-order valence-electron chi connectivity index (χ2n) is 6.30. The van der Waals surface area contributed by atoms with Gasteiger partial charge in [0.2, 0.25) is 0 Å². The van der Waals surface area contributed by atoms with Crippen LogP contribution in [0.3, 0.4) is 0 Å². The van der Waals surface area contributed by atoms with Crippen molar-refractivity contribution < 1.29 is 18.0 Å². The lowest BCUT2D eigenvalue weighted by molar-refractivity contribution is 0.0938. The summed E-state index contributed by atoms with van der Waals surface area (Å²) in [5.74, 6) is -2.65. The first-order valence-corrected chi connectivity index (χ1v) is 8.36. The van der Waals surface area contributed by atoms with Crippen LogP contribution in [0.4, 0.5) is 13.2 Å². The highest BCUT2D eigenvalue weighted by atomic mass is 19.2. The van der Waals surface area contributed by atoms with E-state index in [9.17, 15) is 18.0 Å². The number of hydrogen-bond acceptors (Lipinski definition) is 2. The highest BCUT2D eigenvalue weighted by molar-refractivity contribution is 5.96. The molecule has 3 rings (SSSR count). The molecule has 0 bridgehead atoms. The highest BCUT2D eigenvalue weighted by Crippen LogP contribution is 2.21. The molecule has 0 fully saturated rings. The molecular formula is C20H18F3N3O. The van der Waals surface area contributed by atoms with Crippen molar-refractivity contribution in [3.63, 3.8) is 0 Å². The van der Waals surface area contributed by atoms with E-state index in [1.165, 1.54) is 18.2 Å². The summed E-state index contributed by atoms with van der Waals surface area (Å²) in [6, 6.07) is 8.75. The number of amides is 1. The summed E-state index contributed by atoms with van der Waals surface area (Å²) in [7, 11) is 0. The number of nitrogens with one attached hydrogen (secondary N) is 1. The Morgan fingerprint density at radius 2 is 1.70 bits per heavy atom. The zero-order valence-electron chi connectivity index (χ0n) is 15.1. The van der Waals surface area contributed by atoms with Crippen LogP contribution in [-0.2, 0) is 0 Å². The Hall–Kier alpha value is -3.09. The highest BCUT2D eigenvalue weighted by Gasteiger charge is 2.21. The Morgan fingerprint density at radius 3 is 2.33 bits per heavy atom. The van der Waals surface area contributed by atoms with Gasteiger partial charge in [-0.25, -0.2) is 17.9 Å². The summed E-state index contributed by atoms with van der Waals surface area (Å²) in [6.45, 7) is 5.12. The van der Waals surface area contributed by atoms with Gasteiger partial charge in [0.15, 0.2) is 11.6 Å². The minimum absolute atomic E-state index is 0.362. The van der Waals surface area contributed by atoms with Gasteiger partial charge in [0.1, 0.15) is 5.82 Å². The zero-order valence-corrected chi connectivity index (χ0v) is 15.1. The third kappa shape index (κ3) is 3.72. The predicted octanol–water partition coefficient (Wildman–Crippen LogP) is 4.40. The topological polar surface area (TPSA) is 46.9 Å². The molecule has 0 radical (unpaired) electrons. The second kappa shape index (κ2) is 7.26. The van der Waals surface area contributed by atoms with Crippen molar-refractivity contribution >= 4 is 5.91 Å². The fourth-order valence-electron chi connectivity index (χ4n) is 2.94. The summed E-state index contributed by atoms with van der Waals surface area (Å²) in [5, 5.41) is 7.13. The summed E-state index contributed by atoms with van der Waals surface area (Å²) in [6.07, 6.45) is 0. The lowest BCUT2D eigenvalue weighted by atomic mass is 10.1. The number of hydrogen-bond donors (Lipinski definition) is 1. The molecule has 27 heavy (non-hydrogen) atoms. The smallest absolute Gasteiger partial charge is 0.255 e. The Labute approximate surface area is 154 Å². The van der Waals surface area contributed by atoms with Crippen LogP contribution < -0.4 is 5.32 Å².